The molecule has 18 heavy (non-hydrogen) atoms. The number of piperidine rings is 1. The summed E-state index contributed by atoms with van der Waals surface area (Å²) in [5.41, 5.74) is 0. The molecule has 0 radical (unpaired) electrons. The van der Waals surface area contributed by atoms with Crippen LogP contribution in [0.1, 0.15) is 46.5 Å². The molecule has 4 nitrogen and oxygen atoms in total. The van der Waals surface area contributed by atoms with Crippen molar-refractivity contribution >= 4 is 5.91 Å². The fourth-order valence-electron chi connectivity index (χ4n) is 3.40. The number of carbonyl (C=O) groups is 1. The van der Waals surface area contributed by atoms with E-state index in [1.165, 1.54) is 0 Å². The number of nitrogens with one attached hydrogen (secondary N) is 1. The minimum absolute atomic E-state index is 0.0613. The summed E-state index contributed by atoms with van der Waals surface area (Å²) in [6.07, 6.45) is 3.76. The molecule has 2 saturated heterocycles. The lowest BCUT2D eigenvalue weighted by Gasteiger charge is -2.40. The van der Waals surface area contributed by atoms with Crippen molar-refractivity contribution in [3.8, 4) is 0 Å². The average Bonchev–Trinajstić information content (AvgIpc) is 2.57. The van der Waals surface area contributed by atoms with Gasteiger partial charge in [0.15, 0.2) is 0 Å². The molecule has 0 aromatic rings. The Bertz CT molecular complexity index is 292. The van der Waals surface area contributed by atoms with Crippen LogP contribution in [0.4, 0.5) is 0 Å². The van der Waals surface area contributed by atoms with Crippen molar-refractivity contribution in [2.75, 3.05) is 6.54 Å². The lowest BCUT2D eigenvalue weighted by Crippen LogP contribution is -2.54. The second-order valence-corrected chi connectivity index (χ2v) is 6.27. The lowest BCUT2D eigenvalue weighted by atomic mass is 9.98. The Morgan fingerprint density at radius 2 is 1.83 bits per heavy atom. The highest BCUT2D eigenvalue weighted by Crippen LogP contribution is 2.37. The predicted octanol–water partition coefficient (Wildman–Crippen LogP) is 1.13. The number of aliphatic hydroxyl groups excluding tert-OH is 1. The first-order valence-electron chi connectivity index (χ1n) is 7.22. The van der Waals surface area contributed by atoms with Crippen LogP contribution in [-0.4, -0.2) is 46.7 Å². The van der Waals surface area contributed by atoms with Crippen LogP contribution in [0.3, 0.4) is 0 Å². The molecule has 2 aliphatic rings. The van der Waals surface area contributed by atoms with Crippen LogP contribution in [0.2, 0.25) is 0 Å². The smallest absolute Gasteiger partial charge is 0.237 e. The van der Waals surface area contributed by atoms with Crippen molar-refractivity contribution in [3.63, 3.8) is 0 Å². The normalized spacial score (nSPS) is 33.7. The fraction of sp³-hybridized carbons (Fsp3) is 0.929. The van der Waals surface area contributed by atoms with Crippen LogP contribution < -0.4 is 5.32 Å². The summed E-state index contributed by atoms with van der Waals surface area (Å²) in [7, 11) is 0. The van der Waals surface area contributed by atoms with Crippen molar-refractivity contribution in [3.05, 3.63) is 0 Å². The molecule has 0 spiro atoms. The van der Waals surface area contributed by atoms with Gasteiger partial charge in [0.25, 0.3) is 0 Å². The molecule has 2 heterocycles. The van der Waals surface area contributed by atoms with E-state index in [2.05, 4.69) is 24.1 Å². The molecule has 2 N–H and O–H groups in total. The largest absolute Gasteiger partial charge is 0.393 e. The van der Waals surface area contributed by atoms with E-state index in [-0.39, 0.29) is 18.1 Å². The van der Waals surface area contributed by atoms with Crippen LogP contribution >= 0.6 is 0 Å². The third-order valence-corrected chi connectivity index (χ3v) is 4.28. The van der Waals surface area contributed by atoms with Gasteiger partial charge in [0.1, 0.15) is 0 Å². The maximum atomic E-state index is 12.1. The average molecular weight is 254 g/mol. The van der Waals surface area contributed by atoms with Gasteiger partial charge in [-0.25, -0.2) is 0 Å². The maximum Gasteiger partial charge on any atom is 0.237 e. The SMILES string of the molecule is CC(C)CNC(=O)C(C)N1C2CCC1CC(O)C2. The standard InChI is InChI=1S/C14H26N2O2/c1-9(2)8-15-14(18)10(3)16-11-4-5-12(16)7-13(17)6-11/h9-13,17H,4-8H2,1-3H3,(H,15,18). The maximum absolute atomic E-state index is 12.1. The van der Waals surface area contributed by atoms with Crippen molar-refractivity contribution < 1.29 is 9.90 Å². The number of hydrogen-bond donors (Lipinski definition) is 2. The summed E-state index contributed by atoms with van der Waals surface area (Å²) in [6, 6.07) is 0.742. The van der Waals surface area contributed by atoms with Crippen molar-refractivity contribution in [2.45, 2.75) is 70.7 Å². The quantitative estimate of drug-likeness (QED) is 0.791. The third-order valence-electron chi connectivity index (χ3n) is 4.28. The Labute approximate surface area is 110 Å². The minimum Gasteiger partial charge on any atom is -0.393 e. The zero-order valence-electron chi connectivity index (χ0n) is 11.7. The van der Waals surface area contributed by atoms with Crippen LogP contribution in [0, 0.1) is 5.92 Å². The van der Waals surface area contributed by atoms with Gasteiger partial charge in [0.2, 0.25) is 5.91 Å². The summed E-state index contributed by atoms with van der Waals surface area (Å²) in [4.78, 5) is 14.5. The Morgan fingerprint density at radius 1 is 1.28 bits per heavy atom. The summed E-state index contributed by atoms with van der Waals surface area (Å²) >= 11 is 0. The summed E-state index contributed by atoms with van der Waals surface area (Å²) < 4.78 is 0. The van der Waals surface area contributed by atoms with E-state index >= 15 is 0 Å². The van der Waals surface area contributed by atoms with E-state index in [4.69, 9.17) is 0 Å². The molecular weight excluding hydrogens is 228 g/mol. The topological polar surface area (TPSA) is 52.6 Å². The molecular formula is C14H26N2O2. The van der Waals surface area contributed by atoms with Crippen molar-refractivity contribution in [1.82, 2.24) is 10.2 Å². The monoisotopic (exact) mass is 254 g/mol. The van der Waals surface area contributed by atoms with Gasteiger partial charge in [-0.2, -0.15) is 0 Å². The summed E-state index contributed by atoms with van der Waals surface area (Å²) in [5.74, 6) is 0.623. The molecule has 2 rings (SSSR count). The highest BCUT2D eigenvalue weighted by Gasteiger charge is 2.43. The number of fused-ring (bicyclic) bond motifs is 2. The molecule has 2 bridgehead atoms. The Hall–Kier alpha value is -0.610. The molecule has 0 aromatic heterocycles. The number of amides is 1. The Morgan fingerprint density at radius 3 is 2.33 bits per heavy atom. The number of rotatable bonds is 4. The van der Waals surface area contributed by atoms with E-state index in [0.717, 1.165) is 32.2 Å². The summed E-state index contributed by atoms with van der Waals surface area (Å²) in [6.45, 7) is 6.95. The zero-order valence-corrected chi connectivity index (χ0v) is 11.7. The van der Waals surface area contributed by atoms with Gasteiger partial charge in [-0.05, 0) is 38.5 Å². The van der Waals surface area contributed by atoms with Gasteiger partial charge in [-0.3, -0.25) is 9.69 Å². The van der Waals surface area contributed by atoms with Crippen LogP contribution in [0.5, 0.6) is 0 Å². The first-order valence-corrected chi connectivity index (χ1v) is 7.22. The fourth-order valence-corrected chi connectivity index (χ4v) is 3.40. The summed E-state index contributed by atoms with van der Waals surface area (Å²) in [5, 5.41) is 12.8. The molecule has 3 atom stereocenters. The number of carbonyl (C=O) groups excluding carboxylic acids is 1. The second-order valence-electron chi connectivity index (χ2n) is 6.27. The van der Waals surface area contributed by atoms with Crippen LogP contribution in [-0.2, 0) is 4.79 Å². The first kappa shape index (κ1) is 13.8. The van der Waals surface area contributed by atoms with Gasteiger partial charge in [0.05, 0.1) is 12.1 Å². The number of hydrogen-bond acceptors (Lipinski definition) is 3. The molecule has 4 heteroatoms. The molecule has 3 unspecified atom stereocenters. The van der Waals surface area contributed by atoms with E-state index in [0.29, 0.717) is 18.0 Å². The molecule has 0 aromatic carbocycles. The molecule has 1 amide bonds. The first-order chi connectivity index (χ1) is 8.49. The highest BCUT2D eigenvalue weighted by atomic mass is 16.3. The number of aliphatic hydroxyl groups is 1. The van der Waals surface area contributed by atoms with E-state index in [1.54, 1.807) is 0 Å². The molecule has 104 valence electrons. The van der Waals surface area contributed by atoms with Gasteiger partial charge >= 0.3 is 0 Å². The molecule has 0 saturated carbocycles. The zero-order chi connectivity index (χ0) is 13.3. The van der Waals surface area contributed by atoms with Gasteiger partial charge in [-0.15, -0.1) is 0 Å². The van der Waals surface area contributed by atoms with Crippen molar-refractivity contribution in [2.24, 2.45) is 5.92 Å². The molecule has 0 aliphatic carbocycles. The second kappa shape index (κ2) is 5.57. The van der Waals surface area contributed by atoms with E-state index in [1.807, 2.05) is 6.92 Å². The van der Waals surface area contributed by atoms with E-state index < -0.39 is 0 Å². The Kier molecular flexibility index (Phi) is 4.28. The number of nitrogens with zero attached hydrogens (tertiary/aromatic N) is 1. The van der Waals surface area contributed by atoms with Gasteiger partial charge < -0.3 is 10.4 Å². The van der Waals surface area contributed by atoms with Crippen molar-refractivity contribution in [1.29, 1.82) is 0 Å². The van der Waals surface area contributed by atoms with Crippen LogP contribution in [0.15, 0.2) is 0 Å². The van der Waals surface area contributed by atoms with E-state index in [9.17, 15) is 9.90 Å². The Balaban J connectivity index is 1.93. The van der Waals surface area contributed by atoms with Gasteiger partial charge in [-0.1, -0.05) is 13.8 Å². The third kappa shape index (κ3) is 2.86. The minimum atomic E-state index is -0.162. The lowest BCUT2D eigenvalue weighted by molar-refractivity contribution is -0.128. The predicted molar refractivity (Wildman–Crippen MR) is 71.2 cm³/mol. The van der Waals surface area contributed by atoms with Crippen LogP contribution in [0.25, 0.3) is 0 Å². The highest BCUT2D eigenvalue weighted by molar-refractivity contribution is 5.81. The molecule has 2 fully saturated rings. The van der Waals surface area contributed by atoms with Gasteiger partial charge in [0, 0.05) is 18.6 Å². The molecule has 2 aliphatic heterocycles.